The number of nitrogens with zero attached hydrogens (tertiary/aromatic N) is 2. The summed E-state index contributed by atoms with van der Waals surface area (Å²) >= 11 is 2.59. The third-order valence-electron chi connectivity index (χ3n) is 4.07. The second-order valence-corrected chi connectivity index (χ2v) is 8.65. The summed E-state index contributed by atoms with van der Waals surface area (Å²) in [5.41, 5.74) is 0. The van der Waals surface area contributed by atoms with Crippen LogP contribution in [0, 0.1) is 11.8 Å². The highest BCUT2D eigenvalue weighted by atomic mass is 127. The van der Waals surface area contributed by atoms with Crippen LogP contribution >= 0.6 is 22.6 Å². The summed E-state index contributed by atoms with van der Waals surface area (Å²) in [6, 6.07) is 0. The standard InChI is InChI=1S/C13H23IN2O/c1-13(14)4-6-16(7-5-13)9-10-8-11(10)12(17)15(2)3/h10-11H,4-9H2,1-3H3. The summed E-state index contributed by atoms with van der Waals surface area (Å²) in [6.07, 6.45) is 3.67. The topological polar surface area (TPSA) is 23.6 Å². The molecule has 2 rings (SSSR count). The molecule has 17 heavy (non-hydrogen) atoms. The maximum Gasteiger partial charge on any atom is 0.225 e. The Morgan fingerprint density at radius 1 is 1.41 bits per heavy atom. The Balaban J connectivity index is 1.73. The fourth-order valence-corrected chi connectivity index (χ4v) is 3.10. The minimum Gasteiger partial charge on any atom is -0.349 e. The molecule has 98 valence electrons. The smallest absolute Gasteiger partial charge is 0.225 e. The first-order valence-electron chi connectivity index (χ1n) is 6.51. The second kappa shape index (κ2) is 5.03. The molecule has 0 bridgehead atoms. The Labute approximate surface area is 118 Å². The predicted molar refractivity (Wildman–Crippen MR) is 78.4 cm³/mol. The molecule has 3 nitrogen and oxygen atoms in total. The number of piperidine rings is 1. The van der Waals surface area contributed by atoms with Crippen molar-refractivity contribution in [3.05, 3.63) is 0 Å². The van der Waals surface area contributed by atoms with E-state index in [-0.39, 0.29) is 0 Å². The van der Waals surface area contributed by atoms with E-state index >= 15 is 0 Å². The van der Waals surface area contributed by atoms with Gasteiger partial charge in [-0.15, -0.1) is 0 Å². The third kappa shape index (κ3) is 3.56. The highest BCUT2D eigenvalue weighted by Gasteiger charge is 2.44. The van der Waals surface area contributed by atoms with Gasteiger partial charge in [-0.3, -0.25) is 4.79 Å². The van der Waals surface area contributed by atoms with Gasteiger partial charge in [0.2, 0.25) is 5.91 Å². The Morgan fingerprint density at radius 3 is 2.53 bits per heavy atom. The molecule has 0 aromatic heterocycles. The summed E-state index contributed by atoms with van der Waals surface area (Å²) in [5.74, 6) is 1.27. The number of rotatable bonds is 3. The quantitative estimate of drug-likeness (QED) is 0.574. The first-order valence-corrected chi connectivity index (χ1v) is 7.59. The van der Waals surface area contributed by atoms with Crippen molar-refractivity contribution in [1.82, 2.24) is 9.80 Å². The molecule has 1 amide bonds. The molecule has 2 atom stereocenters. The van der Waals surface area contributed by atoms with Gasteiger partial charge in [-0.25, -0.2) is 0 Å². The van der Waals surface area contributed by atoms with Crippen molar-refractivity contribution < 1.29 is 4.79 Å². The van der Waals surface area contributed by atoms with Crippen LogP contribution in [-0.4, -0.2) is 52.9 Å². The zero-order valence-corrected chi connectivity index (χ0v) is 13.2. The fraction of sp³-hybridized carbons (Fsp3) is 0.923. The molecule has 0 spiro atoms. The van der Waals surface area contributed by atoms with Gasteiger partial charge in [-0.1, -0.05) is 29.5 Å². The molecule has 2 aliphatic rings. The molecule has 1 saturated carbocycles. The van der Waals surface area contributed by atoms with Gasteiger partial charge in [0.15, 0.2) is 0 Å². The van der Waals surface area contributed by atoms with Crippen LogP contribution in [0.4, 0.5) is 0 Å². The van der Waals surface area contributed by atoms with Crippen molar-refractivity contribution in [2.45, 2.75) is 29.6 Å². The lowest BCUT2D eigenvalue weighted by atomic mass is 9.99. The number of carbonyl (C=O) groups excluding carboxylic acids is 1. The van der Waals surface area contributed by atoms with Gasteiger partial charge in [0, 0.05) is 30.0 Å². The first-order chi connectivity index (χ1) is 7.89. The summed E-state index contributed by atoms with van der Waals surface area (Å²) in [7, 11) is 3.72. The van der Waals surface area contributed by atoms with Crippen LogP contribution in [0.1, 0.15) is 26.2 Å². The molecule has 0 N–H and O–H groups in total. The zero-order valence-electron chi connectivity index (χ0n) is 11.1. The van der Waals surface area contributed by atoms with E-state index in [4.69, 9.17) is 0 Å². The molecular weight excluding hydrogens is 327 g/mol. The van der Waals surface area contributed by atoms with Crippen LogP contribution in [-0.2, 0) is 4.79 Å². The van der Waals surface area contributed by atoms with Crippen LogP contribution in [0.5, 0.6) is 0 Å². The summed E-state index contributed by atoms with van der Waals surface area (Å²) in [4.78, 5) is 16.1. The van der Waals surface area contributed by atoms with E-state index in [9.17, 15) is 4.79 Å². The van der Waals surface area contributed by atoms with Gasteiger partial charge in [-0.2, -0.15) is 0 Å². The molecule has 0 aromatic rings. The van der Waals surface area contributed by atoms with Crippen molar-refractivity contribution in [2.75, 3.05) is 33.7 Å². The molecule has 0 aromatic carbocycles. The van der Waals surface area contributed by atoms with Crippen LogP contribution in [0.15, 0.2) is 0 Å². The fourth-order valence-electron chi connectivity index (χ4n) is 2.62. The Hall–Kier alpha value is 0.160. The highest BCUT2D eigenvalue weighted by Crippen LogP contribution is 2.41. The maximum absolute atomic E-state index is 11.8. The average molecular weight is 350 g/mol. The van der Waals surface area contributed by atoms with Gasteiger partial charge in [0.1, 0.15) is 0 Å². The summed E-state index contributed by atoms with van der Waals surface area (Å²) in [5, 5.41) is 0. The summed E-state index contributed by atoms with van der Waals surface area (Å²) in [6.45, 7) is 5.90. The van der Waals surface area contributed by atoms with Crippen molar-refractivity contribution in [2.24, 2.45) is 11.8 Å². The molecule has 2 unspecified atom stereocenters. The predicted octanol–water partition coefficient (Wildman–Crippen LogP) is 2.00. The van der Waals surface area contributed by atoms with Gasteiger partial charge >= 0.3 is 0 Å². The molecule has 0 radical (unpaired) electrons. The molecule has 1 aliphatic carbocycles. The van der Waals surface area contributed by atoms with Crippen LogP contribution < -0.4 is 0 Å². The van der Waals surface area contributed by atoms with Crippen molar-refractivity contribution in [3.63, 3.8) is 0 Å². The van der Waals surface area contributed by atoms with Gasteiger partial charge in [-0.05, 0) is 38.3 Å². The van der Waals surface area contributed by atoms with Gasteiger partial charge in [0.05, 0.1) is 0 Å². The number of halogens is 1. The Morgan fingerprint density at radius 2 is 2.00 bits per heavy atom. The van der Waals surface area contributed by atoms with Crippen molar-refractivity contribution in [3.8, 4) is 0 Å². The second-order valence-electron chi connectivity index (χ2n) is 6.05. The molecule has 1 aliphatic heterocycles. The van der Waals surface area contributed by atoms with E-state index in [0.29, 0.717) is 21.2 Å². The Kier molecular flexibility index (Phi) is 4.02. The SMILES string of the molecule is CN(C)C(=O)C1CC1CN1CCC(C)(I)CC1. The molecule has 2 fully saturated rings. The first kappa shape index (κ1) is 13.6. The zero-order chi connectivity index (χ0) is 12.6. The van der Waals surface area contributed by atoms with E-state index in [1.807, 2.05) is 14.1 Å². The molecular formula is C13H23IN2O. The van der Waals surface area contributed by atoms with Crippen molar-refractivity contribution in [1.29, 1.82) is 0 Å². The molecule has 4 heteroatoms. The number of amides is 1. The third-order valence-corrected chi connectivity index (χ3v) is 5.15. The average Bonchev–Trinajstić information content (AvgIpc) is 2.99. The minimum absolute atomic E-state index is 0.318. The van der Waals surface area contributed by atoms with E-state index in [1.54, 1.807) is 4.90 Å². The molecule has 1 saturated heterocycles. The highest BCUT2D eigenvalue weighted by molar-refractivity contribution is 14.1. The van der Waals surface area contributed by atoms with Crippen molar-refractivity contribution >= 4 is 28.5 Å². The number of carbonyl (C=O) groups is 1. The lowest BCUT2D eigenvalue weighted by Gasteiger charge is -2.35. The lowest BCUT2D eigenvalue weighted by Crippen LogP contribution is -2.40. The van der Waals surface area contributed by atoms with E-state index in [0.717, 1.165) is 13.0 Å². The monoisotopic (exact) mass is 350 g/mol. The normalized spacial score (nSPS) is 32.2. The number of hydrogen-bond donors (Lipinski definition) is 0. The van der Waals surface area contributed by atoms with Gasteiger partial charge < -0.3 is 9.80 Å². The number of likely N-dealkylation sites (tertiary alicyclic amines) is 1. The summed E-state index contributed by atoms with van der Waals surface area (Å²) < 4.78 is 0.497. The van der Waals surface area contributed by atoms with Gasteiger partial charge in [0.25, 0.3) is 0 Å². The minimum atomic E-state index is 0.318. The van der Waals surface area contributed by atoms with E-state index < -0.39 is 0 Å². The lowest BCUT2D eigenvalue weighted by molar-refractivity contribution is -0.130. The molecule has 1 heterocycles. The van der Waals surface area contributed by atoms with Crippen LogP contribution in [0.3, 0.4) is 0 Å². The van der Waals surface area contributed by atoms with Crippen LogP contribution in [0.2, 0.25) is 0 Å². The van der Waals surface area contributed by atoms with Crippen LogP contribution in [0.25, 0.3) is 0 Å². The maximum atomic E-state index is 11.8. The number of alkyl halides is 1. The van der Waals surface area contributed by atoms with E-state index in [2.05, 4.69) is 34.4 Å². The Bertz CT molecular complexity index is 294. The largest absolute Gasteiger partial charge is 0.349 e. The van der Waals surface area contributed by atoms with E-state index in [1.165, 1.54) is 25.9 Å². The number of hydrogen-bond acceptors (Lipinski definition) is 2.